The van der Waals surface area contributed by atoms with Crippen molar-refractivity contribution in [2.75, 3.05) is 26.2 Å². The third-order valence-corrected chi connectivity index (χ3v) is 9.37. The zero-order valence-corrected chi connectivity index (χ0v) is 22.2. The van der Waals surface area contributed by atoms with Crippen LogP contribution in [0, 0.1) is 24.2 Å². The van der Waals surface area contributed by atoms with Gasteiger partial charge in [-0.3, -0.25) is 14.5 Å². The molecule has 4 heterocycles. The number of nitrogens with zero attached hydrogens (tertiary/aromatic N) is 3. The van der Waals surface area contributed by atoms with E-state index in [1.165, 1.54) is 10.5 Å². The van der Waals surface area contributed by atoms with Crippen molar-refractivity contribution in [3.8, 4) is 11.3 Å². The van der Waals surface area contributed by atoms with Crippen LogP contribution < -0.4 is 5.32 Å². The fraction of sp³-hybridized carbons (Fsp3) is 0.481. The van der Waals surface area contributed by atoms with Gasteiger partial charge >= 0.3 is 0 Å². The molecule has 2 aliphatic heterocycles. The molecule has 188 valence electrons. The normalized spacial score (nSPS) is 25.0. The minimum atomic E-state index is -0.182. The largest absolute Gasteiger partial charge is 0.375 e. The van der Waals surface area contributed by atoms with E-state index < -0.39 is 0 Å². The van der Waals surface area contributed by atoms with Gasteiger partial charge in [0.25, 0.3) is 0 Å². The van der Waals surface area contributed by atoms with E-state index in [-0.39, 0.29) is 35.2 Å². The predicted molar refractivity (Wildman–Crippen MR) is 140 cm³/mol. The first-order valence-corrected chi connectivity index (χ1v) is 13.7. The van der Waals surface area contributed by atoms with Crippen LogP contribution in [-0.4, -0.2) is 59.0 Å². The maximum Gasteiger partial charge on any atom is 0.233 e. The fourth-order valence-electron chi connectivity index (χ4n) is 5.90. The van der Waals surface area contributed by atoms with E-state index in [4.69, 9.17) is 16.3 Å². The Morgan fingerprint density at radius 2 is 1.97 bits per heavy atom. The van der Waals surface area contributed by atoms with Crippen LogP contribution in [0.25, 0.3) is 21.5 Å². The summed E-state index contributed by atoms with van der Waals surface area (Å²) >= 11 is 8.13. The number of hydrogen-bond donors (Lipinski definition) is 1. The number of ether oxygens (including phenoxy) is 1. The van der Waals surface area contributed by atoms with Gasteiger partial charge in [0, 0.05) is 47.9 Å². The van der Waals surface area contributed by atoms with Gasteiger partial charge in [-0.05, 0) is 41.7 Å². The fourth-order valence-corrected chi connectivity index (χ4v) is 7.27. The Labute approximate surface area is 219 Å². The molecular weight excluding hydrogens is 496 g/mol. The molecule has 3 atom stereocenters. The first kappa shape index (κ1) is 24.0. The number of amides is 2. The molecule has 2 saturated heterocycles. The van der Waals surface area contributed by atoms with Crippen LogP contribution in [0.1, 0.15) is 29.9 Å². The molecule has 1 N–H and O–H groups in total. The SMILES string of the molecule is Cc1cc(Cl)cc(-c2ncnc3cc(CCN4C(=O)C5C(C4=O)C5(C)C)sc23)c1C[C@@H]1CNCCO1. The van der Waals surface area contributed by atoms with Gasteiger partial charge in [-0.1, -0.05) is 25.4 Å². The molecule has 0 radical (unpaired) electrons. The van der Waals surface area contributed by atoms with E-state index in [2.05, 4.69) is 22.2 Å². The molecule has 1 aliphatic carbocycles. The number of hydrogen-bond acceptors (Lipinski definition) is 7. The highest BCUT2D eigenvalue weighted by atomic mass is 35.5. The summed E-state index contributed by atoms with van der Waals surface area (Å²) in [4.78, 5) is 37.2. The van der Waals surface area contributed by atoms with Crippen molar-refractivity contribution in [3.05, 3.63) is 45.6 Å². The van der Waals surface area contributed by atoms with Crippen LogP contribution in [0.15, 0.2) is 24.5 Å². The minimum absolute atomic E-state index is 0.0185. The van der Waals surface area contributed by atoms with Gasteiger partial charge in [0.15, 0.2) is 0 Å². The van der Waals surface area contributed by atoms with Crippen LogP contribution in [0.3, 0.4) is 0 Å². The smallest absolute Gasteiger partial charge is 0.233 e. The average molecular weight is 525 g/mol. The van der Waals surface area contributed by atoms with E-state index in [9.17, 15) is 9.59 Å². The average Bonchev–Trinajstić information content (AvgIpc) is 3.10. The lowest BCUT2D eigenvalue weighted by molar-refractivity contribution is -0.142. The lowest BCUT2D eigenvalue weighted by Crippen LogP contribution is -2.39. The molecule has 2 aromatic heterocycles. The number of carbonyl (C=O) groups is 2. The number of halogens is 1. The second-order valence-corrected chi connectivity index (χ2v) is 12.2. The molecule has 2 amide bonds. The number of likely N-dealkylation sites (tertiary alicyclic amines) is 1. The van der Waals surface area contributed by atoms with Crippen molar-refractivity contribution in [3.63, 3.8) is 0 Å². The zero-order chi connectivity index (χ0) is 25.2. The number of imide groups is 1. The quantitative estimate of drug-likeness (QED) is 0.490. The number of nitrogens with one attached hydrogen (secondary N) is 1. The molecule has 2 unspecified atom stereocenters. The third-order valence-electron chi connectivity index (χ3n) is 7.96. The molecule has 7 nitrogen and oxygen atoms in total. The van der Waals surface area contributed by atoms with E-state index >= 15 is 0 Å². The monoisotopic (exact) mass is 524 g/mol. The third kappa shape index (κ3) is 3.95. The Balaban J connectivity index is 1.29. The molecule has 0 spiro atoms. The summed E-state index contributed by atoms with van der Waals surface area (Å²) in [5, 5.41) is 4.08. The number of benzene rings is 1. The van der Waals surface area contributed by atoms with Gasteiger partial charge in [0.05, 0.1) is 40.5 Å². The lowest BCUT2D eigenvalue weighted by atomic mass is 9.94. The van der Waals surface area contributed by atoms with Crippen LogP contribution >= 0.6 is 22.9 Å². The van der Waals surface area contributed by atoms with Gasteiger partial charge in [-0.15, -0.1) is 11.3 Å². The number of morpholine rings is 1. The highest BCUT2D eigenvalue weighted by Gasteiger charge is 2.72. The van der Waals surface area contributed by atoms with Crippen molar-refractivity contribution < 1.29 is 14.3 Å². The van der Waals surface area contributed by atoms with Crippen LogP contribution in [-0.2, 0) is 27.2 Å². The second kappa shape index (κ2) is 8.87. The number of fused-ring (bicyclic) bond motifs is 2. The Hall–Kier alpha value is -2.39. The highest BCUT2D eigenvalue weighted by Crippen LogP contribution is 2.63. The lowest BCUT2D eigenvalue weighted by Gasteiger charge is -2.25. The Kier molecular flexibility index (Phi) is 5.91. The number of carbonyl (C=O) groups excluding carboxylic acids is 2. The predicted octanol–water partition coefficient (Wildman–Crippen LogP) is 4.03. The number of aromatic nitrogens is 2. The summed E-state index contributed by atoms with van der Waals surface area (Å²) in [6.07, 6.45) is 3.07. The molecule has 3 fully saturated rings. The van der Waals surface area contributed by atoms with Crippen molar-refractivity contribution >= 4 is 45.0 Å². The van der Waals surface area contributed by atoms with E-state index in [1.54, 1.807) is 17.7 Å². The van der Waals surface area contributed by atoms with E-state index in [0.717, 1.165) is 51.4 Å². The molecular formula is C27H29ClN4O3S. The van der Waals surface area contributed by atoms with E-state index in [0.29, 0.717) is 24.6 Å². The maximum absolute atomic E-state index is 12.7. The summed E-state index contributed by atoms with van der Waals surface area (Å²) in [6, 6.07) is 6.02. The maximum atomic E-state index is 12.7. The van der Waals surface area contributed by atoms with Gasteiger partial charge in [0.1, 0.15) is 6.33 Å². The Morgan fingerprint density at radius 3 is 2.69 bits per heavy atom. The second-order valence-electron chi connectivity index (χ2n) is 10.7. The Morgan fingerprint density at radius 1 is 1.19 bits per heavy atom. The van der Waals surface area contributed by atoms with Gasteiger partial charge in [-0.2, -0.15) is 0 Å². The van der Waals surface area contributed by atoms with Crippen molar-refractivity contribution in [1.82, 2.24) is 20.2 Å². The van der Waals surface area contributed by atoms with E-state index in [1.807, 2.05) is 32.0 Å². The molecule has 6 rings (SSSR count). The summed E-state index contributed by atoms with van der Waals surface area (Å²) in [6.45, 7) is 8.89. The van der Waals surface area contributed by atoms with Crippen molar-refractivity contribution in [2.24, 2.45) is 17.3 Å². The first-order valence-electron chi connectivity index (χ1n) is 12.5. The molecule has 1 saturated carbocycles. The molecule has 36 heavy (non-hydrogen) atoms. The van der Waals surface area contributed by atoms with Gasteiger partial charge < -0.3 is 10.1 Å². The standard InChI is InChI=1S/C27H29ClN4O3S/c1-14-8-15(28)9-19(18(14)10-16-12-29-5-7-35-16)23-24-20(30-13-31-23)11-17(36-24)4-6-32-25(33)21-22(26(32)34)27(21,2)3/h8-9,11,13,16,21-22,29H,4-7,10,12H2,1-3H3/t16-,21?,22?/m1/s1. The topological polar surface area (TPSA) is 84.4 Å². The summed E-state index contributed by atoms with van der Waals surface area (Å²) in [5.41, 5.74) is 4.83. The van der Waals surface area contributed by atoms with Crippen molar-refractivity contribution in [1.29, 1.82) is 0 Å². The number of piperidine rings is 1. The summed E-state index contributed by atoms with van der Waals surface area (Å²) in [7, 11) is 0. The molecule has 1 aromatic carbocycles. The van der Waals surface area contributed by atoms with Crippen molar-refractivity contribution in [2.45, 2.75) is 39.7 Å². The molecule has 3 aromatic rings. The molecule has 3 aliphatic rings. The number of rotatable bonds is 6. The number of thiophene rings is 1. The van der Waals surface area contributed by atoms with Gasteiger partial charge in [-0.25, -0.2) is 9.97 Å². The zero-order valence-electron chi connectivity index (χ0n) is 20.6. The molecule has 0 bridgehead atoms. The first-order chi connectivity index (χ1) is 17.3. The highest BCUT2D eigenvalue weighted by molar-refractivity contribution is 7.19. The molecule has 9 heteroatoms. The van der Waals surface area contributed by atoms with Crippen LogP contribution in [0.5, 0.6) is 0 Å². The van der Waals surface area contributed by atoms with Gasteiger partial charge in [0.2, 0.25) is 11.8 Å². The number of aryl methyl sites for hydroxylation is 1. The minimum Gasteiger partial charge on any atom is -0.375 e. The summed E-state index contributed by atoms with van der Waals surface area (Å²) < 4.78 is 6.97. The van der Waals surface area contributed by atoms with Crippen LogP contribution in [0.4, 0.5) is 0 Å². The Bertz CT molecular complexity index is 1360. The summed E-state index contributed by atoms with van der Waals surface area (Å²) in [5.74, 6) is -0.319. The van der Waals surface area contributed by atoms with Crippen LogP contribution in [0.2, 0.25) is 5.02 Å².